The smallest absolute Gasteiger partial charge is 0.222 e. The van der Waals surface area contributed by atoms with Crippen LogP contribution in [0, 0.1) is 28.6 Å². The van der Waals surface area contributed by atoms with E-state index in [4.69, 9.17) is 9.47 Å². The Morgan fingerprint density at radius 1 is 1.38 bits per heavy atom. The highest BCUT2D eigenvalue weighted by Crippen LogP contribution is 2.70. The zero-order valence-corrected chi connectivity index (χ0v) is 18.3. The molecule has 160 valence electrons. The molecule has 4 rings (SSSR count). The topological polar surface area (TPSA) is 67.8 Å². The fourth-order valence-corrected chi connectivity index (χ4v) is 6.40. The highest BCUT2D eigenvalue weighted by atomic mass is 16.5. The zero-order chi connectivity index (χ0) is 21.0. The van der Waals surface area contributed by atoms with Crippen LogP contribution in [0.5, 0.6) is 11.5 Å². The average molecular weight is 402 g/mol. The van der Waals surface area contributed by atoms with Gasteiger partial charge in [0.05, 0.1) is 12.7 Å². The Morgan fingerprint density at radius 2 is 2.14 bits per heavy atom. The van der Waals surface area contributed by atoms with Crippen LogP contribution >= 0.6 is 0 Å². The number of phenolic OH excluding ortho intramolecular Hbond substituents is 1. The number of fused-ring (bicyclic) bond motifs is 1. The first-order valence-electron chi connectivity index (χ1n) is 11.1. The Morgan fingerprint density at radius 3 is 2.83 bits per heavy atom. The molecule has 0 radical (unpaired) electrons. The lowest BCUT2D eigenvalue weighted by atomic mass is 9.58. The van der Waals surface area contributed by atoms with Gasteiger partial charge in [-0.15, -0.1) is 0 Å². The average Bonchev–Trinajstić information content (AvgIpc) is 3.16. The van der Waals surface area contributed by atoms with Crippen molar-refractivity contribution in [3.05, 3.63) is 23.8 Å². The van der Waals surface area contributed by atoms with E-state index in [1.54, 1.807) is 6.07 Å². The molecule has 2 saturated carbocycles. The van der Waals surface area contributed by atoms with Gasteiger partial charge >= 0.3 is 0 Å². The monoisotopic (exact) mass is 401 g/mol. The Hall–Kier alpha value is -1.75. The van der Waals surface area contributed by atoms with Crippen LogP contribution in [0.1, 0.15) is 65.5 Å². The van der Waals surface area contributed by atoms with Crippen LogP contribution in [-0.4, -0.2) is 30.3 Å². The van der Waals surface area contributed by atoms with Crippen LogP contribution in [0.15, 0.2) is 18.2 Å². The number of rotatable bonds is 5. The van der Waals surface area contributed by atoms with Crippen LogP contribution in [-0.2, 0) is 9.53 Å². The summed E-state index contributed by atoms with van der Waals surface area (Å²) < 4.78 is 11.9. The second kappa shape index (κ2) is 7.19. The molecule has 5 nitrogen and oxygen atoms in total. The van der Waals surface area contributed by atoms with E-state index in [-0.39, 0.29) is 40.6 Å². The summed E-state index contributed by atoms with van der Waals surface area (Å²) >= 11 is 0. The normalized spacial score (nSPS) is 34.8. The molecule has 1 aromatic rings. The van der Waals surface area contributed by atoms with Gasteiger partial charge in [0.15, 0.2) is 11.5 Å². The van der Waals surface area contributed by atoms with Crippen molar-refractivity contribution in [2.75, 3.05) is 13.2 Å². The van der Waals surface area contributed by atoms with E-state index in [9.17, 15) is 9.90 Å². The minimum absolute atomic E-state index is 0.0127. The lowest BCUT2D eigenvalue weighted by Gasteiger charge is -2.53. The first-order chi connectivity index (χ1) is 13.7. The molecule has 2 N–H and O–H groups in total. The Bertz CT molecular complexity index is 789. The maximum Gasteiger partial charge on any atom is 0.222 e. The molecule has 1 aliphatic heterocycles. The number of ether oxygens (including phenoxy) is 2. The van der Waals surface area contributed by atoms with Crippen molar-refractivity contribution >= 4 is 5.91 Å². The number of benzene rings is 1. The van der Waals surface area contributed by atoms with Gasteiger partial charge < -0.3 is 19.9 Å². The van der Waals surface area contributed by atoms with Crippen molar-refractivity contribution in [2.45, 2.75) is 66.0 Å². The van der Waals surface area contributed by atoms with Gasteiger partial charge in [0.1, 0.15) is 0 Å². The van der Waals surface area contributed by atoms with Crippen molar-refractivity contribution in [3.8, 4) is 11.5 Å². The summed E-state index contributed by atoms with van der Waals surface area (Å²) in [6.07, 6.45) is 3.25. The van der Waals surface area contributed by atoms with Gasteiger partial charge in [-0.3, -0.25) is 4.79 Å². The Kier molecular flexibility index (Phi) is 5.09. The second-order valence-electron chi connectivity index (χ2n) is 10.1. The Balaban J connectivity index is 1.68. The quantitative estimate of drug-likeness (QED) is 0.765. The molecule has 2 aliphatic carbocycles. The SMILES string of the molecule is CCOc1cc([C@H]2OCCC34C[C@@H](C[C@H]23)C(C)(C)[C@@H]4NC(=O)C(C)C)ccc1O. The maximum atomic E-state index is 12.7. The van der Waals surface area contributed by atoms with Gasteiger partial charge in [-0.2, -0.15) is 0 Å². The van der Waals surface area contributed by atoms with Crippen LogP contribution in [0.25, 0.3) is 0 Å². The van der Waals surface area contributed by atoms with Crippen LogP contribution < -0.4 is 10.1 Å². The molecule has 1 aromatic carbocycles. The summed E-state index contributed by atoms with van der Waals surface area (Å²) in [7, 11) is 0. The highest BCUT2D eigenvalue weighted by molar-refractivity contribution is 5.78. The predicted molar refractivity (Wildman–Crippen MR) is 112 cm³/mol. The van der Waals surface area contributed by atoms with E-state index in [2.05, 4.69) is 19.2 Å². The number of amides is 1. The summed E-state index contributed by atoms with van der Waals surface area (Å²) in [5, 5.41) is 13.5. The van der Waals surface area contributed by atoms with E-state index in [1.807, 2.05) is 32.9 Å². The van der Waals surface area contributed by atoms with Gasteiger partial charge in [-0.25, -0.2) is 0 Å². The third-order valence-electron chi connectivity index (χ3n) is 7.93. The molecule has 0 aromatic heterocycles. The van der Waals surface area contributed by atoms with Crippen LogP contribution in [0.3, 0.4) is 0 Å². The van der Waals surface area contributed by atoms with E-state index in [1.165, 1.54) is 0 Å². The third kappa shape index (κ3) is 3.13. The third-order valence-corrected chi connectivity index (χ3v) is 7.93. The number of hydrogen-bond donors (Lipinski definition) is 2. The summed E-state index contributed by atoms with van der Waals surface area (Å²) in [5.41, 5.74) is 1.23. The number of aromatic hydroxyl groups is 1. The fourth-order valence-electron chi connectivity index (χ4n) is 6.40. The second-order valence-corrected chi connectivity index (χ2v) is 10.1. The fraction of sp³-hybridized carbons (Fsp3) is 0.708. The molecule has 3 aliphatic rings. The predicted octanol–water partition coefficient (Wildman–Crippen LogP) is 4.45. The van der Waals surface area contributed by atoms with Crippen molar-refractivity contribution in [1.29, 1.82) is 0 Å². The number of hydrogen-bond acceptors (Lipinski definition) is 4. The largest absolute Gasteiger partial charge is 0.504 e. The number of carbonyl (C=O) groups is 1. The molecular formula is C24H35NO4. The lowest BCUT2D eigenvalue weighted by molar-refractivity contribution is -0.139. The van der Waals surface area contributed by atoms with Crippen molar-refractivity contribution in [2.24, 2.45) is 28.6 Å². The molecule has 29 heavy (non-hydrogen) atoms. The first-order valence-corrected chi connectivity index (χ1v) is 11.1. The maximum absolute atomic E-state index is 12.7. The van der Waals surface area contributed by atoms with Gasteiger partial charge in [0.2, 0.25) is 5.91 Å². The molecule has 1 unspecified atom stereocenters. The van der Waals surface area contributed by atoms with E-state index in [0.717, 1.165) is 24.8 Å². The molecule has 3 fully saturated rings. The first kappa shape index (κ1) is 20.5. The van der Waals surface area contributed by atoms with E-state index in [0.29, 0.717) is 30.8 Å². The molecule has 1 heterocycles. The standard InChI is InChI=1S/C24H35NO4/c1-6-28-19-11-15(7-8-18(19)26)20-17-12-16-13-24(17,9-10-29-20)22(23(16,4)5)25-21(27)14(2)3/h7-8,11,14,16-17,20,22,26H,6,9-10,12-13H2,1-5H3,(H,25,27)/t16-,17-,20-,22+,24?/m1/s1. The van der Waals surface area contributed by atoms with Crippen molar-refractivity contribution in [3.63, 3.8) is 0 Å². The van der Waals surface area contributed by atoms with E-state index >= 15 is 0 Å². The van der Waals surface area contributed by atoms with Crippen molar-refractivity contribution in [1.82, 2.24) is 5.32 Å². The van der Waals surface area contributed by atoms with Gasteiger partial charge in [0.25, 0.3) is 0 Å². The molecular weight excluding hydrogens is 366 g/mol. The highest BCUT2D eigenvalue weighted by Gasteiger charge is 2.68. The zero-order valence-electron chi connectivity index (χ0n) is 18.3. The number of phenols is 1. The van der Waals surface area contributed by atoms with Crippen molar-refractivity contribution < 1.29 is 19.4 Å². The number of carbonyl (C=O) groups excluding carboxylic acids is 1. The van der Waals surface area contributed by atoms with Crippen LogP contribution in [0.4, 0.5) is 0 Å². The molecule has 1 amide bonds. The van der Waals surface area contributed by atoms with E-state index < -0.39 is 0 Å². The molecule has 1 spiro atoms. The Labute approximate surface area is 174 Å². The summed E-state index contributed by atoms with van der Waals surface area (Å²) in [4.78, 5) is 12.7. The van der Waals surface area contributed by atoms with Gasteiger partial charge in [-0.1, -0.05) is 33.8 Å². The van der Waals surface area contributed by atoms with Gasteiger partial charge in [-0.05, 0) is 66.5 Å². The minimum atomic E-state index is -0.0249. The molecule has 5 heteroatoms. The summed E-state index contributed by atoms with van der Waals surface area (Å²) in [5.74, 6) is 1.76. The lowest BCUT2D eigenvalue weighted by Crippen LogP contribution is -2.59. The molecule has 5 atom stereocenters. The van der Waals surface area contributed by atoms with Crippen LogP contribution in [0.2, 0.25) is 0 Å². The minimum Gasteiger partial charge on any atom is -0.504 e. The van der Waals surface area contributed by atoms with Gasteiger partial charge in [0, 0.05) is 18.6 Å². The number of nitrogens with one attached hydrogen (secondary N) is 1. The summed E-state index contributed by atoms with van der Waals surface area (Å²) in [6, 6.07) is 5.77. The summed E-state index contributed by atoms with van der Waals surface area (Å²) in [6.45, 7) is 11.7. The molecule has 1 saturated heterocycles. The molecule has 2 bridgehead atoms.